The van der Waals surface area contributed by atoms with Crippen molar-refractivity contribution < 1.29 is 14.3 Å². The fraction of sp³-hybridized carbons (Fsp3) is 0.652. The zero-order valence-corrected chi connectivity index (χ0v) is 18.0. The highest BCUT2D eigenvalue weighted by Gasteiger charge is 2.32. The van der Waals surface area contributed by atoms with Gasteiger partial charge in [0.1, 0.15) is 5.75 Å². The summed E-state index contributed by atoms with van der Waals surface area (Å²) < 4.78 is 5.62. The van der Waals surface area contributed by atoms with Gasteiger partial charge in [0.05, 0.1) is 6.61 Å². The summed E-state index contributed by atoms with van der Waals surface area (Å²) in [6.45, 7) is 11.7. The van der Waals surface area contributed by atoms with Crippen molar-refractivity contribution in [3.05, 3.63) is 24.3 Å². The van der Waals surface area contributed by atoms with Crippen molar-refractivity contribution >= 4 is 17.5 Å². The van der Waals surface area contributed by atoms with Crippen LogP contribution in [0.3, 0.4) is 0 Å². The SMILES string of the molecule is CCC(C)(C)C1CCC(NC(=O)C(=O)Nc2ccc(OCC(C)C)cc2)CC1. The zero-order valence-electron chi connectivity index (χ0n) is 18.0. The van der Waals surface area contributed by atoms with E-state index < -0.39 is 11.8 Å². The second-order valence-corrected chi connectivity index (χ2v) is 9.05. The van der Waals surface area contributed by atoms with Crippen LogP contribution in [0, 0.1) is 17.3 Å². The van der Waals surface area contributed by atoms with Crippen LogP contribution in [-0.4, -0.2) is 24.5 Å². The van der Waals surface area contributed by atoms with E-state index in [9.17, 15) is 9.59 Å². The molecular formula is C23H36N2O3. The predicted octanol–water partition coefficient (Wildman–Crippen LogP) is 4.77. The van der Waals surface area contributed by atoms with Gasteiger partial charge in [0.2, 0.25) is 0 Å². The molecule has 5 heteroatoms. The molecular weight excluding hydrogens is 352 g/mol. The van der Waals surface area contributed by atoms with Gasteiger partial charge in [0.15, 0.2) is 0 Å². The number of carbonyl (C=O) groups is 2. The third-order valence-electron chi connectivity index (χ3n) is 5.98. The molecule has 1 saturated carbocycles. The number of anilines is 1. The Morgan fingerprint density at radius 1 is 1.07 bits per heavy atom. The van der Waals surface area contributed by atoms with Crippen molar-refractivity contribution in [1.82, 2.24) is 5.32 Å². The zero-order chi connectivity index (χ0) is 20.7. The van der Waals surface area contributed by atoms with Crippen LogP contribution in [0.15, 0.2) is 24.3 Å². The molecule has 0 aromatic heterocycles. The van der Waals surface area contributed by atoms with E-state index in [-0.39, 0.29) is 6.04 Å². The number of hydrogen-bond acceptors (Lipinski definition) is 3. The van der Waals surface area contributed by atoms with Crippen LogP contribution in [-0.2, 0) is 9.59 Å². The Labute approximate surface area is 169 Å². The van der Waals surface area contributed by atoms with Crippen molar-refractivity contribution in [2.75, 3.05) is 11.9 Å². The van der Waals surface area contributed by atoms with E-state index in [4.69, 9.17) is 4.74 Å². The second-order valence-electron chi connectivity index (χ2n) is 9.05. The molecule has 0 bridgehead atoms. The Morgan fingerprint density at radius 3 is 2.21 bits per heavy atom. The van der Waals surface area contributed by atoms with Crippen molar-refractivity contribution in [3.8, 4) is 5.75 Å². The highest BCUT2D eigenvalue weighted by Crippen LogP contribution is 2.40. The lowest BCUT2D eigenvalue weighted by molar-refractivity contribution is -0.136. The molecule has 1 aliphatic carbocycles. The van der Waals surface area contributed by atoms with E-state index in [0.717, 1.165) is 31.4 Å². The molecule has 2 N–H and O–H groups in total. The molecule has 0 heterocycles. The van der Waals surface area contributed by atoms with Crippen LogP contribution >= 0.6 is 0 Å². The molecule has 0 aliphatic heterocycles. The van der Waals surface area contributed by atoms with Crippen LogP contribution in [0.25, 0.3) is 0 Å². The summed E-state index contributed by atoms with van der Waals surface area (Å²) >= 11 is 0. The number of hydrogen-bond donors (Lipinski definition) is 2. The molecule has 2 amide bonds. The normalized spacial score (nSPS) is 19.9. The quantitative estimate of drug-likeness (QED) is 0.661. The van der Waals surface area contributed by atoms with Gasteiger partial charge in [0, 0.05) is 11.7 Å². The standard InChI is InChI=1S/C23H36N2O3/c1-6-23(4,5)17-7-9-18(10-8-17)24-21(26)22(27)25-19-11-13-20(14-12-19)28-15-16(2)3/h11-14,16-18H,6-10,15H2,1-5H3,(H,24,26)(H,25,27). The van der Waals surface area contributed by atoms with Gasteiger partial charge >= 0.3 is 11.8 Å². The van der Waals surface area contributed by atoms with Gasteiger partial charge in [0.25, 0.3) is 0 Å². The first-order valence-electron chi connectivity index (χ1n) is 10.6. The summed E-state index contributed by atoms with van der Waals surface area (Å²) in [4.78, 5) is 24.4. The Balaban J connectivity index is 1.78. The van der Waals surface area contributed by atoms with Gasteiger partial charge < -0.3 is 15.4 Å². The maximum Gasteiger partial charge on any atom is 0.313 e. The fourth-order valence-corrected chi connectivity index (χ4v) is 3.64. The maximum absolute atomic E-state index is 12.2. The average Bonchev–Trinajstić information content (AvgIpc) is 2.67. The molecule has 0 atom stereocenters. The number of benzene rings is 1. The summed E-state index contributed by atoms with van der Waals surface area (Å²) in [6, 6.07) is 7.19. The smallest absolute Gasteiger partial charge is 0.313 e. The average molecular weight is 389 g/mol. The largest absolute Gasteiger partial charge is 0.493 e. The van der Waals surface area contributed by atoms with Crippen molar-refractivity contribution in [1.29, 1.82) is 0 Å². The van der Waals surface area contributed by atoms with Crippen molar-refractivity contribution in [2.24, 2.45) is 17.3 Å². The lowest BCUT2D eigenvalue weighted by Crippen LogP contribution is -2.44. The lowest BCUT2D eigenvalue weighted by atomic mass is 9.69. The number of ether oxygens (including phenoxy) is 1. The molecule has 0 unspecified atom stereocenters. The van der Waals surface area contributed by atoms with Crippen LogP contribution in [0.4, 0.5) is 5.69 Å². The highest BCUT2D eigenvalue weighted by molar-refractivity contribution is 6.39. The number of amides is 2. The Kier molecular flexibility index (Phi) is 7.90. The molecule has 0 spiro atoms. The van der Waals surface area contributed by atoms with Crippen LogP contribution in [0.1, 0.15) is 66.7 Å². The minimum absolute atomic E-state index is 0.0916. The first kappa shape index (κ1) is 22.3. The number of rotatable bonds is 7. The predicted molar refractivity (Wildman–Crippen MR) is 113 cm³/mol. The molecule has 1 aromatic rings. The van der Waals surface area contributed by atoms with E-state index in [1.165, 1.54) is 6.42 Å². The molecule has 0 radical (unpaired) electrons. The highest BCUT2D eigenvalue weighted by atomic mass is 16.5. The van der Waals surface area contributed by atoms with Gasteiger partial charge in [-0.05, 0) is 67.2 Å². The summed E-state index contributed by atoms with van der Waals surface area (Å²) in [6.07, 6.45) is 5.25. The minimum atomic E-state index is -0.619. The third kappa shape index (κ3) is 6.54. The van der Waals surface area contributed by atoms with Gasteiger partial charge in [-0.1, -0.05) is 41.0 Å². The summed E-state index contributed by atoms with van der Waals surface area (Å²) in [7, 11) is 0. The molecule has 28 heavy (non-hydrogen) atoms. The molecule has 2 rings (SSSR count). The van der Waals surface area contributed by atoms with Crippen molar-refractivity contribution in [2.45, 2.75) is 72.8 Å². The lowest BCUT2D eigenvalue weighted by Gasteiger charge is -2.39. The molecule has 5 nitrogen and oxygen atoms in total. The van der Waals surface area contributed by atoms with E-state index in [2.05, 4.69) is 45.3 Å². The molecule has 1 fully saturated rings. The molecule has 1 aromatic carbocycles. The van der Waals surface area contributed by atoms with E-state index in [0.29, 0.717) is 29.5 Å². The summed E-state index contributed by atoms with van der Waals surface area (Å²) in [5.74, 6) is 0.718. The van der Waals surface area contributed by atoms with Gasteiger partial charge in [-0.3, -0.25) is 9.59 Å². The van der Waals surface area contributed by atoms with E-state index >= 15 is 0 Å². The number of nitrogens with one attached hydrogen (secondary N) is 2. The number of carbonyl (C=O) groups excluding carboxylic acids is 2. The Morgan fingerprint density at radius 2 is 1.68 bits per heavy atom. The van der Waals surface area contributed by atoms with Crippen LogP contribution in [0.2, 0.25) is 0 Å². The monoisotopic (exact) mass is 388 g/mol. The van der Waals surface area contributed by atoms with E-state index in [1.807, 2.05) is 0 Å². The van der Waals surface area contributed by atoms with Gasteiger partial charge in [-0.25, -0.2) is 0 Å². The molecule has 0 saturated heterocycles. The Bertz CT molecular complexity index is 644. The first-order valence-corrected chi connectivity index (χ1v) is 10.6. The van der Waals surface area contributed by atoms with Crippen LogP contribution in [0.5, 0.6) is 5.75 Å². The maximum atomic E-state index is 12.2. The second kappa shape index (κ2) is 9.94. The fourth-order valence-electron chi connectivity index (χ4n) is 3.64. The summed E-state index contributed by atoms with van der Waals surface area (Å²) in [5, 5.41) is 5.56. The molecule has 1 aliphatic rings. The summed E-state index contributed by atoms with van der Waals surface area (Å²) in [5.41, 5.74) is 0.933. The van der Waals surface area contributed by atoms with E-state index in [1.54, 1.807) is 24.3 Å². The Hall–Kier alpha value is -2.04. The third-order valence-corrected chi connectivity index (χ3v) is 5.98. The van der Waals surface area contributed by atoms with Crippen LogP contribution < -0.4 is 15.4 Å². The topological polar surface area (TPSA) is 67.4 Å². The first-order chi connectivity index (χ1) is 13.2. The van der Waals surface area contributed by atoms with Gasteiger partial charge in [-0.2, -0.15) is 0 Å². The van der Waals surface area contributed by atoms with Gasteiger partial charge in [-0.15, -0.1) is 0 Å². The van der Waals surface area contributed by atoms with Crippen molar-refractivity contribution in [3.63, 3.8) is 0 Å². The molecule has 156 valence electrons. The minimum Gasteiger partial charge on any atom is -0.493 e.